The van der Waals surface area contributed by atoms with Crippen LogP contribution in [0.15, 0.2) is 51.1 Å². The molecule has 0 bridgehead atoms. The van der Waals surface area contributed by atoms with Crippen molar-refractivity contribution in [3.05, 3.63) is 42.4 Å². The van der Waals surface area contributed by atoms with Crippen LogP contribution in [0, 0.1) is 12.3 Å². The number of nitrogen functional groups attached to an aromatic ring is 1. The molecular weight excluding hydrogens is 436 g/mol. The van der Waals surface area contributed by atoms with Crippen LogP contribution in [-0.2, 0) is 6.54 Å². The summed E-state index contributed by atoms with van der Waals surface area (Å²) in [4.78, 5) is 14.4. The molecule has 4 aromatic rings. The minimum absolute atomic E-state index is 0.206. The first-order valence-corrected chi connectivity index (χ1v) is 11.7. The van der Waals surface area contributed by atoms with Crippen molar-refractivity contribution < 1.29 is 9.15 Å². The van der Waals surface area contributed by atoms with Gasteiger partial charge >= 0.3 is 0 Å². The number of benzene rings is 1. The molecule has 3 heterocycles. The van der Waals surface area contributed by atoms with Gasteiger partial charge in [-0.1, -0.05) is 32.5 Å². The Morgan fingerprint density at radius 2 is 2.00 bits per heavy atom. The van der Waals surface area contributed by atoms with Crippen molar-refractivity contribution in [3.8, 4) is 17.1 Å². The number of furan rings is 1. The van der Waals surface area contributed by atoms with Gasteiger partial charge in [-0.3, -0.25) is 0 Å². The van der Waals surface area contributed by atoms with Crippen LogP contribution in [0.4, 0.5) is 5.82 Å². The van der Waals surface area contributed by atoms with Gasteiger partial charge in [0, 0.05) is 30.1 Å². The van der Waals surface area contributed by atoms with Crippen LogP contribution in [0.3, 0.4) is 0 Å². The molecule has 3 aromatic heterocycles. The van der Waals surface area contributed by atoms with Gasteiger partial charge in [-0.15, -0.1) is 0 Å². The van der Waals surface area contributed by atoms with E-state index in [9.17, 15) is 0 Å². The van der Waals surface area contributed by atoms with Crippen molar-refractivity contribution in [2.75, 3.05) is 25.9 Å². The Balaban J connectivity index is 1.72. The Morgan fingerprint density at radius 1 is 1.18 bits per heavy atom. The number of fused-ring (bicyclic) bond motifs is 1. The zero-order valence-corrected chi connectivity index (χ0v) is 20.5. The van der Waals surface area contributed by atoms with Gasteiger partial charge in [-0.25, -0.2) is 15.0 Å². The first-order chi connectivity index (χ1) is 15.7. The third-order valence-electron chi connectivity index (χ3n) is 5.09. The van der Waals surface area contributed by atoms with E-state index >= 15 is 0 Å². The van der Waals surface area contributed by atoms with Crippen LogP contribution < -0.4 is 15.8 Å². The van der Waals surface area contributed by atoms with E-state index in [2.05, 4.69) is 40.6 Å². The molecule has 0 atom stereocenters. The highest BCUT2D eigenvalue weighted by atomic mass is 32.2. The molecule has 8 nitrogen and oxygen atoms in total. The number of nitrogens with two attached hydrogens (primary N) is 1. The average Bonchev–Trinajstić information content (AvgIpc) is 3.35. The molecule has 1 aromatic carbocycles. The van der Waals surface area contributed by atoms with Crippen molar-refractivity contribution in [3.63, 3.8) is 0 Å². The summed E-state index contributed by atoms with van der Waals surface area (Å²) >= 11 is 1.53. The third-order valence-corrected chi connectivity index (χ3v) is 6.14. The molecule has 0 aliphatic rings. The van der Waals surface area contributed by atoms with Gasteiger partial charge in [0.1, 0.15) is 23.6 Å². The van der Waals surface area contributed by atoms with Crippen LogP contribution >= 0.6 is 11.8 Å². The topological polar surface area (TPSA) is 104 Å². The lowest BCUT2D eigenvalue weighted by molar-refractivity contribution is 0.375. The lowest BCUT2D eigenvalue weighted by Gasteiger charge is -2.19. The highest BCUT2D eigenvalue weighted by Gasteiger charge is 2.19. The van der Waals surface area contributed by atoms with Crippen molar-refractivity contribution in [2.24, 2.45) is 5.41 Å². The van der Waals surface area contributed by atoms with Crippen molar-refractivity contribution in [2.45, 2.75) is 44.3 Å². The molecule has 0 saturated heterocycles. The van der Waals surface area contributed by atoms with Gasteiger partial charge in [0.05, 0.1) is 7.11 Å². The van der Waals surface area contributed by atoms with Crippen molar-refractivity contribution in [1.29, 1.82) is 0 Å². The molecule has 3 N–H and O–H groups in total. The Kier molecular flexibility index (Phi) is 6.62. The molecule has 0 unspecified atom stereocenters. The number of imidazole rings is 1. The summed E-state index contributed by atoms with van der Waals surface area (Å²) in [5, 5.41) is 4.31. The van der Waals surface area contributed by atoms with Gasteiger partial charge < -0.3 is 24.8 Å². The van der Waals surface area contributed by atoms with Gasteiger partial charge in [0.2, 0.25) is 0 Å². The molecule has 4 rings (SSSR count). The summed E-state index contributed by atoms with van der Waals surface area (Å²) in [6.45, 7) is 11.0. The van der Waals surface area contributed by atoms with E-state index in [0.717, 1.165) is 51.6 Å². The Morgan fingerprint density at radius 3 is 2.70 bits per heavy atom. The molecule has 0 aliphatic carbocycles. The van der Waals surface area contributed by atoms with Gasteiger partial charge in [0.25, 0.3) is 0 Å². The van der Waals surface area contributed by atoms with Crippen LogP contribution in [-0.4, -0.2) is 39.7 Å². The molecule has 0 spiro atoms. The predicted octanol–water partition coefficient (Wildman–Crippen LogP) is 4.77. The number of methoxy groups -OCH3 is 1. The fourth-order valence-corrected chi connectivity index (χ4v) is 4.54. The summed E-state index contributed by atoms with van der Waals surface area (Å²) in [7, 11) is 1.66. The van der Waals surface area contributed by atoms with Crippen molar-refractivity contribution in [1.82, 2.24) is 24.8 Å². The Bertz CT molecular complexity index is 1260. The molecule has 0 aliphatic heterocycles. The molecule has 9 heteroatoms. The number of hydrogen-bond acceptors (Lipinski definition) is 8. The zero-order chi connectivity index (χ0) is 23.6. The SMILES string of the molecule is COc1ccc(-c2ccc(C)o2)c(Sc2nc3c(N)ncnc3n2CCNCC(C)(C)C)c1. The highest BCUT2D eigenvalue weighted by molar-refractivity contribution is 7.99. The fourth-order valence-electron chi connectivity index (χ4n) is 3.46. The van der Waals surface area contributed by atoms with Crippen LogP contribution in [0.25, 0.3) is 22.5 Å². The summed E-state index contributed by atoms with van der Waals surface area (Å²) in [6.07, 6.45) is 1.48. The predicted molar refractivity (Wildman–Crippen MR) is 132 cm³/mol. The Labute approximate surface area is 198 Å². The summed E-state index contributed by atoms with van der Waals surface area (Å²) in [5.41, 5.74) is 8.63. The lowest BCUT2D eigenvalue weighted by atomic mass is 9.97. The number of nitrogens with one attached hydrogen (secondary N) is 1. The van der Waals surface area contributed by atoms with E-state index in [0.29, 0.717) is 17.9 Å². The molecule has 174 valence electrons. The number of rotatable bonds is 8. The second-order valence-electron chi connectivity index (χ2n) is 9.09. The molecule has 33 heavy (non-hydrogen) atoms. The average molecular weight is 467 g/mol. The molecule has 0 fully saturated rings. The number of aromatic nitrogens is 4. The second-order valence-corrected chi connectivity index (χ2v) is 10.1. The van der Waals surface area contributed by atoms with E-state index in [1.54, 1.807) is 7.11 Å². The van der Waals surface area contributed by atoms with Gasteiger partial charge in [0.15, 0.2) is 22.1 Å². The van der Waals surface area contributed by atoms with Gasteiger partial charge in [-0.2, -0.15) is 0 Å². The zero-order valence-electron chi connectivity index (χ0n) is 19.7. The quantitative estimate of drug-likeness (QED) is 0.358. The van der Waals surface area contributed by atoms with E-state index in [4.69, 9.17) is 19.9 Å². The summed E-state index contributed by atoms with van der Waals surface area (Å²) in [6, 6.07) is 9.87. The molecule has 0 amide bonds. The fraction of sp³-hybridized carbons (Fsp3) is 0.375. The van der Waals surface area contributed by atoms with Crippen LogP contribution in [0.2, 0.25) is 0 Å². The van der Waals surface area contributed by atoms with E-state index in [1.165, 1.54) is 18.1 Å². The number of hydrogen-bond donors (Lipinski definition) is 2. The number of aryl methyl sites for hydroxylation is 1. The highest BCUT2D eigenvalue weighted by Crippen LogP contribution is 2.39. The summed E-state index contributed by atoms with van der Waals surface area (Å²) in [5.74, 6) is 2.79. The maximum Gasteiger partial charge on any atom is 0.175 e. The normalized spacial score (nSPS) is 11.9. The number of ether oxygens (including phenoxy) is 1. The van der Waals surface area contributed by atoms with Crippen LogP contribution in [0.1, 0.15) is 26.5 Å². The molecule has 0 saturated carbocycles. The number of nitrogens with zero attached hydrogens (tertiary/aromatic N) is 4. The van der Waals surface area contributed by atoms with E-state index < -0.39 is 0 Å². The first kappa shape index (κ1) is 23.1. The largest absolute Gasteiger partial charge is 0.497 e. The van der Waals surface area contributed by atoms with Gasteiger partial charge in [-0.05, 0) is 42.7 Å². The van der Waals surface area contributed by atoms with E-state index in [-0.39, 0.29) is 5.41 Å². The minimum atomic E-state index is 0.206. The first-order valence-electron chi connectivity index (χ1n) is 10.9. The Hall–Kier alpha value is -3.04. The molecular formula is C24H30N6O2S. The standard InChI is InChI=1S/C24H30N6O2S/c1-15-6-9-18(32-15)17-8-7-16(31-5)12-19(17)33-23-29-20-21(25)27-14-28-22(20)30(23)11-10-26-13-24(2,3)4/h6-9,12,14,26H,10-11,13H2,1-5H3,(H2,25,27,28). The number of anilines is 1. The third kappa shape index (κ3) is 5.31. The minimum Gasteiger partial charge on any atom is -0.497 e. The van der Waals surface area contributed by atoms with E-state index in [1.807, 2.05) is 37.3 Å². The van der Waals surface area contributed by atoms with Crippen LogP contribution in [0.5, 0.6) is 5.75 Å². The maximum atomic E-state index is 6.13. The lowest BCUT2D eigenvalue weighted by Crippen LogP contribution is -2.29. The smallest absolute Gasteiger partial charge is 0.175 e. The monoisotopic (exact) mass is 466 g/mol. The van der Waals surface area contributed by atoms with Crippen molar-refractivity contribution >= 4 is 28.7 Å². The maximum absolute atomic E-state index is 6.13. The molecule has 0 radical (unpaired) electrons. The summed E-state index contributed by atoms with van der Waals surface area (Å²) < 4.78 is 13.5. The second kappa shape index (κ2) is 9.44.